The van der Waals surface area contributed by atoms with Crippen molar-refractivity contribution in [2.45, 2.75) is 131 Å². The highest BCUT2D eigenvalue weighted by Crippen LogP contribution is 2.67. The molecule has 0 unspecified atom stereocenters. The highest BCUT2D eigenvalue weighted by molar-refractivity contribution is 5.85. The molecule has 4 rings (SSSR count). The lowest BCUT2D eigenvalue weighted by Gasteiger charge is -2.60. The summed E-state index contributed by atoms with van der Waals surface area (Å²) in [5, 5.41) is 10.6. The van der Waals surface area contributed by atoms with Crippen molar-refractivity contribution in [3.05, 3.63) is 0 Å². The molecule has 0 aromatic rings. The van der Waals surface area contributed by atoms with Crippen LogP contribution in [0.2, 0.25) is 0 Å². The van der Waals surface area contributed by atoms with Crippen molar-refractivity contribution in [2.24, 2.45) is 52.3 Å². The zero-order chi connectivity index (χ0) is 25.8. The Balaban J connectivity index is 1.47. The third-order valence-electron chi connectivity index (χ3n) is 11.9. The number of aliphatic hydroxyl groups is 1. The van der Waals surface area contributed by atoms with E-state index in [0.29, 0.717) is 41.3 Å². The molecule has 4 aliphatic carbocycles. The maximum atomic E-state index is 13.7. The summed E-state index contributed by atoms with van der Waals surface area (Å²) < 4.78 is 5.62. The zero-order valence-electron chi connectivity index (χ0n) is 23.6. The van der Waals surface area contributed by atoms with E-state index >= 15 is 0 Å². The van der Waals surface area contributed by atoms with Crippen molar-refractivity contribution in [2.75, 3.05) is 0 Å². The number of hydrogen-bond acceptors (Lipinski definition) is 4. The average Bonchev–Trinajstić information content (AvgIpc) is 3.03. The molecule has 0 amide bonds. The second-order valence-electron chi connectivity index (χ2n) is 14.2. The first kappa shape index (κ1) is 27.1. The molecule has 4 aliphatic rings. The molecule has 0 saturated heterocycles. The van der Waals surface area contributed by atoms with Gasteiger partial charge in [0.1, 0.15) is 11.9 Å². The average molecular weight is 489 g/mol. The van der Waals surface area contributed by atoms with Gasteiger partial charge >= 0.3 is 5.97 Å². The van der Waals surface area contributed by atoms with Gasteiger partial charge in [-0.2, -0.15) is 0 Å². The standard InChI is InChI=1S/C31H52O4/c1-8-21(29(4,5)34)10-9-19(2)26-18-27(33)28-24-12-11-22-17-23(35-20(3)32)13-15-30(22,6)25(24)14-16-31(26,28)7/h19,21-26,28,34H,8-18H2,1-7H3/t19-,21-,22+,23+,24-,25+,26-,28-,30+,31-/m1/s1. The van der Waals surface area contributed by atoms with Crippen molar-refractivity contribution >= 4 is 11.8 Å². The summed E-state index contributed by atoms with van der Waals surface area (Å²) in [5.41, 5.74) is -0.217. The van der Waals surface area contributed by atoms with Crippen LogP contribution < -0.4 is 0 Å². The third-order valence-corrected chi connectivity index (χ3v) is 11.9. The lowest BCUT2D eigenvalue weighted by molar-refractivity contribution is -0.162. The molecule has 0 aliphatic heterocycles. The summed E-state index contributed by atoms with van der Waals surface area (Å²) in [6, 6.07) is 0. The highest BCUT2D eigenvalue weighted by atomic mass is 16.5. The fraction of sp³-hybridized carbons (Fsp3) is 0.935. The fourth-order valence-corrected chi connectivity index (χ4v) is 9.97. The number of ether oxygens (including phenoxy) is 1. The van der Waals surface area contributed by atoms with Crippen molar-refractivity contribution in [3.8, 4) is 0 Å². The van der Waals surface area contributed by atoms with E-state index in [1.807, 2.05) is 13.8 Å². The minimum Gasteiger partial charge on any atom is -0.463 e. The van der Waals surface area contributed by atoms with Gasteiger partial charge in [-0.1, -0.05) is 40.5 Å². The number of rotatable bonds is 7. The van der Waals surface area contributed by atoms with Gasteiger partial charge in [0.2, 0.25) is 0 Å². The van der Waals surface area contributed by atoms with E-state index < -0.39 is 5.60 Å². The molecule has 10 atom stereocenters. The van der Waals surface area contributed by atoms with Gasteiger partial charge in [-0.15, -0.1) is 0 Å². The molecule has 200 valence electrons. The topological polar surface area (TPSA) is 63.6 Å². The molecule has 0 spiro atoms. The van der Waals surface area contributed by atoms with Crippen LogP contribution in [0.25, 0.3) is 0 Å². The largest absolute Gasteiger partial charge is 0.463 e. The minimum absolute atomic E-state index is 0.0881. The molecule has 0 heterocycles. The van der Waals surface area contributed by atoms with Crippen LogP contribution >= 0.6 is 0 Å². The van der Waals surface area contributed by atoms with Crippen molar-refractivity contribution in [1.29, 1.82) is 0 Å². The highest BCUT2D eigenvalue weighted by Gasteiger charge is 2.63. The summed E-state index contributed by atoms with van der Waals surface area (Å²) in [6.07, 6.45) is 11.9. The number of carbonyl (C=O) groups excluding carboxylic acids is 2. The first-order chi connectivity index (χ1) is 16.3. The number of Topliss-reactive ketones (excluding diaryl/α,β-unsaturated/α-hetero) is 1. The van der Waals surface area contributed by atoms with Crippen LogP contribution in [-0.4, -0.2) is 28.6 Å². The summed E-state index contributed by atoms with van der Waals surface area (Å²) in [7, 11) is 0. The van der Waals surface area contributed by atoms with Gasteiger partial charge in [-0.3, -0.25) is 9.59 Å². The first-order valence-electron chi connectivity index (χ1n) is 14.7. The van der Waals surface area contributed by atoms with Gasteiger partial charge in [0, 0.05) is 19.3 Å². The van der Waals surface area contributed by atoms with Crippen molar-refractivity contribution in [3.63, 3.8) is 0 Å². The first-order valence-corrected chi connectivity index (χ1v) is 14.7. The normalized spacial score (nSPS) is 43.0. The van der Waals surface area contributed by atoms with Crippen molar-refractivity contribution < 1.29 is 19.4 Å². The van der Waals surface area contributed by atoms with Gasteiger partial charge in [0.25, 0.3) is 0 Å². The molecular formula is C31H52O4. The Morgan fingerprint density at radius 3 is 2.43 bits per heavy atom. The van der Waals surface area contributed by atoms with Crippen LogP contribution in [0.5, 0.6) is 0 Å². The second-order valence-corrected chi connectivity index (χ2v) is 14.2. The zero-order valence-corrected chi connectivity index (χ0v) is 23.6. The monoisotopic (exact) mass is 488 g/mol. The molecule has 4 saturated carbocycles. The number of carbonyl (C=O) groups is 2. The van der Waals surface area contributed by atoms with E-state index in [9.17, 15) is 14.7 Å². The van der Waals surface area contributed by atoms with Gasteiger partial charge in [0.15, 0.2) is 0 Å². The second kappa shape index (κ2) is 9.76. The van der Waals surface area contributed by atoms with Crippen LogP contribution in [0, 0.1) is 52.3 Å². The van der Waals surface area contributed by atoms with E-state index in [1.165, 1.54) is 32.6 Å². The molecule has 1 N–H and O–H groups in total. The number of esters is 1. The molecule has 4 heteroatoms. The predicted octanol–water partition coefficient (Wildman–Crippen LogP) is 6.97. The molecule has 35 heavy (non-hydrogen) atoms. The Bertz CT molecular complexity index is 798. The number of fused-ring (bicyclic) bond motifs is 5. The molecule has 0 bridgehead atoms. The lowest BCUT2D eigenvalue weighted by atomic mass is 9.44. The maximum absolute atomic E-state index is 13.7. The number of hydrogen-bond donors (Lipinski definition) is 1. The summed E-state index contributed by atoms with van der Waals surface area (Å²) >= 11 is 0. The fourth-order valence-electron chi connectivity index (χ4n) is 9.97. The molecule has 4 fully saturated rings. The van der Waals surface area contributed by atoms with Gasteiger partial charge in [-0.05, 0) is 112 Å². The Morgan fingerprint density at radius 1 is 1.11 bits per heavy atom. The predicted molar refractivity (Wildman–Crippen MR) is 140 cm³/mol. The lowest BCUT2D eigenvalue weighted by Crippen LogP contribution is -2.55. The van der Waals surface area contributed by atoms with Gasteiger partial charge in [0.05, 0.1) is 5.60 Å². The van der Waals surface area contributed by atoms with Crippen LogP contribution in [0.15, 0.2) is 0 Å². The van der Waals surface area contributed by atoms with Gasteiger partial charge < -0.3 is 9.84 Å². The quantitative estimate of drug-likeness (QED) is 0.393. The summed E-state index contributed by atoms with van der Waals surface area (Å²) in [4.78, 5) is 25.2. The van der Waals surface area contributed by atoms with E-state index in [-0.39, 0.29) is 28.8 Å². The van der Waals surface area contributed by atoms with Crippen LogP contribution in [0.4, 0.5) is 0 Å². The molecule has 0 radical (unpaired) electrons. The molecular weight excluding hydrogens is 436 g/mol. The SMILES string of the molecule is CC[C@H](CC[C@@H](C)[C@H]1CC(=O)[C@H]2[C@@H]3CC[C@H]4C[C@@H](OC(C)=O)CC[C@]4(C)[C@H]3CC[C@]12C)C(C)(C)O. The van der Waals surface area contributed by atoms with E-state index in [4.69, 9.17) is 4.74 Å². The Morgan fingerprint density at radius 2 is 1.80 bits per heavy atom. The summed E-state index contributed by atoms with van der Waals surface area (Å²) in [5.74, 6) is 3.73. The van der Waals surface area contributed by atoms with Crippen LogP contribution in [-0.2, 0) is 14.3 Å². The van der Waals surface area contributed by atoms with Crippen molar-refractivity contribution in [1.82, 2.24) is 0 Å². The van der Waals surface area contributed by atoms with Gasteiger partial charge in [-0.25, -0.2) is 0 Å². The summed E-state index contributed by atoms with van der Waals surface area (Å²) in [6.45, 7) is 14.9. The van der Waals surface area contributed by atoms with E-state index in [2.05, 4.69) is 27.7 Å². The van der Waals surface area contributed by atoms with Crippen LogP contribution in [0.1, 0.15) is 119 Å². The van der Waals surface area contributed by atoms with E-state index in [0.717, 1.165) is 44.9 Å². The van der Waals surface area contributed by atoms with E-state index in [1.54, 1.807) is 0 Å². The Hall–Kier alpha value is -0.900. The molecule has 4 nitrogen and oxygen atoms in total. The minimum atomic E-state index is -0.632. The smallest absolute Gasteiger partial charge is 0.302 e. The van der Waals surface area contributed by atoms with Crippen LogP contribution in [0.3, 0.4) is 0 Å². The Kier molecular flexibility index (Phi) is 7.57. The molecule has 0 aromatic heterocycles. The third kappa shape index (κ3) is 4.87. The molecule has 0 aromatic carbocycles. The number of ketones is 1. The Labute approximate surface area is 214 Å². The maximum Gasteiger partial charge on any atom is 0.302 e.